The quantitative estimate of drug-likeness (QED) is 0.248. The lowest BCUT2D eigenvalue weighted by Gasteiger charge is -2.45. The van der Waals surface area contributed by atoms with Gasteiger partial charge in [0.05, 0.1) is 11.6 Å². The van der Waals surface area contributed by atoms with Gasteiger partial charge in [0.2, 0.25) is 17.7 Å². The lowest BCUT2D eigenvalue weighted by Crippen LogP contribution is -2.63. The summed E-state index contributed by atoms with van der Waals surface area (Å²) in [6, 6.07) is 31.7. The first kappa shape index (κ1) is 37.0. The van der Waals surface area contributed by atoms with Gasteiger partial charge in [-0.2, -0.15) is 5.26 Å². The molecule has 2 aliphatic rings. The fraction of sp³-hybridized carbons (Fsp3) is 0.300. The van der Waals surface area contributed by atoms with Crippen LogP contribution in [0, 0.1) is 18.3 Å². The first-order chi connectivity index (χ1) is 23.3. The van der Waals surface area contributed by atoms with Gasteiger partial charge in [-0.15, -0.1) is 0 Å². The minimum Gasteiger partial charge on any atom is -0.508 e. The van der Waals surface area contributed by atoms with Crippen LogP contribution in [-0.4, -0.2) is 51.8 Å². The molecule has 0 spiro atoms. The Labute approximate surface area is 284 Å². The number of aryl methyl sites for hydroxylation is 1. The number of carbonyl (C=O) groups is 3. The second-order valence-electron chi connectivity index (χ2n) is 11.0. The summed E-state index contributed by atoms with van der Waals surface area (Å²) in [6.45, 7) is 10.6. The van der Waals surface area contributed by atoms with Crippen LogP contribution in [-0.2, 0) is 33.8 Å². The number of nitrogens with one attached hydrogen (secondary N) is 1. The van der Waals surface area contributed by atoms with Crippen molar-refractivity contribution >= 4 is 17.7 Å². The zero-order valence-corrected chi connectivity index (χ0v) is 28.5. The first-order valence-electron chi connectivity index (χ1n) is 16.6. The van der Waals surface area contributed by atoms with Crippen molar-refractivity contribution < 1.29 is 19.5 Å². The Balaban J connectivity index is 0.000000493. The van der Waals surface area contributed by atoms with Crippen LogP contribution in [0.25, 0.3) is 0 Å². The van der Waals surface area contributed by atoms with Gasteiger partial charge in [-0.3, -0.25) is 14.4 Å². The standard InChI is InChI=1S/C29H26N4O4.C7H8.2C2H6/c30-16-20-5-9-21(10-6-20)27(28(36)31-14-13-19-7-11-24(34)12-8-19)33-18-26(35)32-17-23-4-2-1-3-22(23)15-25(32)29(33)37;1-7-5-3-2-4-6-7;2*1-2/h1-12,25,27,34H,13-15,17-18H2,(H,31,36);2-6H,1H3;2*1-2H3/t25-,27?;;;/m0.../s1. The van der Waals surface area contributed by atoms with E-state index in [0.717, 1.165) is 16.7 Å². The van der Waals surface area contributed by atoms with E-state index in [9.17, 15) is 24.8 Å². The van der Waals surface area contributed by atoms with Gasteiger partial charge >= 0.3 is 0 Å². The molecule has 250 valence electrons. The second kappa shape index (κ2) is 18.7. The Bertz CT molecular complexity index is 1660. The maximum atomic E-state index is 13.8. The van der Waals surface area contributed by atoms with Crippen LogP contribution in [0.3, 0.4) is 0 Å². The molecular weight excluding hydrogens is 600 g/mol. The Morgan fingerprint density at radius 2 is 1.46 bits per heavy atom. The van der Waals surface area contributed by atoms with Crippen molar-refractivity contribution in [1.29, 1.82) is 5.26 Å². The molecule has 2 atom stereocenters. The number of fused-ring (bicyclic) bond motifs is 2. The molecular formula is C40H46N4O4. The summed E-state index contributed by atoms with van der Waals surface area (Å²) in [7, 11) is 0. The lowest BCUT2D eigenvalue weighted by atomic mass is 9.90. The van der Waals surface area contributed by atoms with Crippen molar-refractivity contribution in [3.63, 3.8) is 0 Å². The first-order valence-corrected chi connectivity index (χ1v) is 16.6. The molecule has 0 bridgehead atoms. The summed E-state index contributed by atoms with van der Waals surface area (Å²) < 4.78 is 0. The Morgan fingerprint density at radius 3 is 2.04 bits per heavy atom. The van der Waals surface area contributed by atoms with E-state index in [2.05, 4.69) is 30.4 Å². The van der Waals surface area contributed by atoms with E-state index in [0.29, 0.717) is 37.1 Å². The van der Waals surface area contributed by atoms with Gasteiger partial charge < -0.3 is 20.2 Å². The fourth-order valence-corrected chi connectivity index (χ4v) is 5.57. The normalized spacial score (nSPS) is 15.0. The molecule has 1 saturated heterocycles. The van der Waals surface area contributed by atoms with Gasteiger partial charge in [-0.05, 0) is 59.9 Å². The highest BCUT2D eigenvalue weighted by molar-refractivity contribution is 5.99. The van der Waals surface area contributed by atoms with Crippen LogP contribution in [0.5, 0.6) is 5.75 Å². The van der Waals surface area contributed by atoms with E-state index in [1.165, 1.54) is 10.5 Å². The lowest BCUT2D eigenvalue weighted by molar-refractivity contribution is -0.161. The topological polar surface area (TPSA) is 114 Å². The molecule has 2 aliphatic heterocycles. The number of hydrogen-bond donors (Lipinski definition) is 2. The number of phenols is 1. The van der Waals surface area contributed by atoms with Crippen molar-refractivity contribution in [2.24, 2.45) is 0 Å². The molecule has 0 aliphatic carbocycles. The molecule has 4 aromatic carbocycles. The molecule has 3 amide bonds. The van der Waals surface area contributed by atoms with Crippen LogP contribution in [0.1, 0.15) is 67.1 Å². The van der Waals surface area contributed by atoms with Crippen molar-refractivity contribution in [2.45, 2.75) is 66.1 Å². The van der Waals surface area contributed by atoms with Crippen molar-refractivity contribution in [2.75, 3.05) is 13.1 Å². The number of aromatic hydroxyl groups is 1. The Morgan fingerprint density at radius 1 is 0.854 bits per heavy atom. The zero-order valence-electron chi connectivity index (χ0n) is 28.5. The maximum absolute atomic E-state index is 13.8. The summed E-state index contributed by atoms with van der Waals surface area (Å²) in [5.74, 6) is -0.692. The van der Waals surface area contributed by atoms with Crippen molar-refractivity contribution in [3.05, 3.63) is 137 Å². The maximum Gasteiger partial charge on any atom is 0.247 e. The average molecular weight is 647 g/mol. The van der Waals surface area contributed by atoms with Crippen LogP contribution in [0.4, 0.5) is 0 Å². The predicted molar refractivity (Wildman–Crippen MR) is 189 cm³/mol. The second-order valence-corrected chi connectivity index (χ2v) is 11.0. The number of nitriles is 1. The number of piperazine rings is 1. The van der Waals surface area contributed by atoms with Gasteiger partial charge in [-0.1, -0.05) is 112 Å². The number of hydrogen-bond acceptors (Lipinski definition) is 5. The fourth-order valence-electron chi connectivity index (χ4n) is 5.57. The zero-order chi connectivity index (χ0) is 35.1. The molecule has 4 aromatic rings. The minimum absolute atomic E-state index is 0.168. The van der Waals surface area contributed by atoms with Gasteiger partial charge in [0, 0.05) is 19.5 Å². The van der Waals surface area contributed by atoms with E-state index >= 15 is 0 Å². The molecule has 8 heteroatoms. The largest absolute Gasteiger partial charge is 0.508 e. The molecule has 0 aromatic heterocycles. The number of nitrogens with zero attached hydrogens (tertiary/aromatic N) is 3. The van der Waals surface area contributed by atoms with E-state index in [-0.39, 0.29) is 24.1 Å². The highest BCUT2D eigenvalue weighted by atomic mass is 16.3. The molecule has 6 rings (SSSR count). The summed E-state index contributed by atoms with van der Waals surface area (Å²) in [6.07, 6.45) is 0.936. The third-order valence-corrected chi connectivity index (χ3v) is 7.95. The SMILES string of the molecule is CC.CC.Cc1ccccc1.N#Cc1ccc(C(C(=O)NCCc2ccc(O)cc2)N2CC(=O)N3Cc4ccccc4C[C@H]3C2=O)cc1. The molecule has 2 N–H and O–H groups in total. The number of amides is 3. The van der Waals surface area contributed by atoms with Crippen LogP contribution in [0.15, 0.2) is 103 Å². The summed E-state index contributed by atoms with van der Waals surface area (Å²) in [5, 5.41) is 21.6. The van der Waals surface area contributed by atoms with Crippen molar-refractivity contribution in [3.8, 4) is 11.8 Å². The van der Waals surface area contributed by atoms with Crippen LogP contribution >= 0.6 is 0 Å². The summed E-state index contributed by atoms with van der Waals surface area (Å²) in [5.41, 5.74) is 5.29. The molecule has 2 heterocycles. The molecule has 1 unspecified atom stereocenters. The van der Waals surface area contributed by atoms with Gasteiger partial charge in [-0.25, -0.2) is 0 Å². The van der Waals surface area contributed by atoms with Crippen LogP contribution in [0.2, 0.25) is 0 Å². The third kappa shape index (κ3) is 9.55. The molecule has 0 radical (unpaired) electrons. The minimum atomic E-state index is -1.01. The summed E-state index contributed by atoms with van der Waals surface area (Å²) >= 11 is 0. The Kier molecular flexibility index (Phi) is 14.4. The van der Waals surface area contributed by atoms with Crippen molar-refractivity contribution in [1.82, 2.24) is 15.1 Å². The van der Waals surface area contributed by atoms with E-state index in [4.69, 9.17) is 0 Å². The van der Waals surface area contributed by atoms with E-state index in [1.807, 2.05) is 70.2 Å². The molecule has 48 heavy (non-hydrogen) atoms. The number of carbonyl (C=O) groups excluding carboxylic acids is 3. The highest BCUT2D eigenvalue weighted by Gasteiger charge is 2.46. The number of benzene rings is 4. The highest BCUT2D eigenvalue weighted by Crippen LogP contribution is 2.32. The summed E-state index contributed by atoms with van der Waals surface area (Å²) in [4.78, 5) is 43.5. The monoisotopic (exact) mass is 646 g/mol. The van der Waals surface area contributed by atoms with Gasteiger partial charge in [0.25, 0.3) is 0 Å². The third-order valence-electron chi connectivity index (χ3n) is 7.95. The molecule has 8 nitrogen and oxygen atoms in total. The van der Waals surface area contributed by atoms with E-state index in [1.54, 1.807) is 53.4 Å². The molecule has 0 saturated carbocycles. The van der Waals surface area contributed by atoms with Crippen LogP contribution < -0.4 is 5.32 Å². The number of phenolic OH excluding ortho intramolecular Hbond substituents is 1. The van der Waals surface area contributed by atoms with Gasteiger partial charge in [0.15, 0.2) is 0 Å². The number of rotatable bonds is 6. The molecule has 1 fully saturated rings. The Hall–Kier alpha value is -5.42. The average Bonchev–Trinajstić information content (AvgIpc) is 3.13. The van der Waals surface area contributed by atoms with E-state index < -0.39 is 18.0 Å². The predicted octanol–water partition coefficient (Wildman–Crippen LogP) is 6.51. The van der Waals surface area contributed by atoms with Gasteiger partial charge in [0.1, 0.15) is 24.4 Å². The smallest absolute Gasteiger partial charge is 0.247 e.